The number of ether oxygens (including phenoxy) is 1. The Kier molecular flexibility index (Phi) is 7.16. The quantitative estimate of drug-likeness (QED) is 0.179. The van der Waals surface area contributed by atoms with E-state index in [1.54, 1.807) is 0 Å². The fraction of sp³-hybridized carbons (Fsp3) is 0.0727. The molecule has 0 fully saturated rings. The highest BCUT2D eigenvalue weighted by Gasteiger charge is 2.51. The predicted octanol–water partition coefficient (Wildman–Crippen LogP) is 13.3. The van der Waals surface area contributed by atoms with Crippen LogP contribution in [0.5, 0.6) is 11.5 Å². The van der Waals surface area contributed by atoms with Gasteiger partial charge in [-0.2, -0.15) is 0 Å². The lowest BCUT2D eigenvalue weighted by Crippen LogP contribution is -2.32. The third-order valence-electron chi connectivity index (χ3n) is 12.8. The van der Waals surface area contributed by atoms with Crippen LogP contribution >= 0.6 is 0 Å². The van der Waals surface area contributed by atoms with Crippen LogP contribution in [-0.2, 0) is 10.8 Å². The van der Waals surface area contributed by atoms with Crippen LogP contribution in [0.15, 0.2) is 188 Å². The van der Waals surface area contributed by atoms with Gasteiger partial charge in [-0.25, -0.2) is 15.0 Å². The van der Waals surface area contributed by atoms with Crippen molar-refractivity contribution >= 4 is 0 Å². The summed E-state index contributed by atoms with van der Waals surface area (Å²) < 4.78 is 6.96. The first-order valence-electron chi connectivity index (χ1n) is 20.3. The maximum absolute atomic E-state index is 6.96. The van der Waals surface area contributed by atoms with Crippen molar-refractivity contribution in [1.29, 1.82) is 0 Å². The van der Waals surface area contributed by atoms with Gasteiger partial charge in [0.15, 0.2) is 17.5 Å². The summed E-state index contributed by atoms with van der Waals surface area (Å²) in [6, 6.07) is 66.9. The van der Waals surface area contributed by atoms with Crippen molar-refractivity contribution in [2.24, 2.45) is 0 Å². The molecule has 9 aromatic rings. The first-order valence-corrected chi connectivity index (χ1v) is 20.3. The molecule has 0 atom stereocenters. The number of hydrogen-bond donors (Lipinski definition) is 0. The predicted molar refractivity (Wildman–Crippen MR) is 237 cm³/mol. The van der Waals surface area contributed by atoms with Crippen LogP contribution in [0.25, 0.3) is 67.5 Å². The molecule has 3 aliphatic rings. The summed E-state index contributed by atoms with van der Waals surface area (Å²) in [7, 11) is 0. The molecule has 1 aliphatic heterocycles. The summed E-state index contributed by atoms with van der Waals surface area (Å²) in [5, 5.41) is 0. The van der Waals surface area contributed by atoms with Crippen molar-refractivity contribution in [3.63, 3.8) is 0 Å². The van der Waals surface area contributed by atoms with Gasteiger partial charge in [0.2, 0.25) is 0 Å². The van der Waals surface area contributed by atoms with Gasteiger partial charge in [0, 0.05) is 38.8 Å². The summed E-state index contributed by atoms with van der Waals surface area (Å²) in [6.45, 7) is 4.60. The monoisotopic (exact) mass is 755 g/mol. The molecule has 0 N–H and O–H groups in total. The van der Waals surface area contributed by atoms with E-state index >= 15 is 0 Å². The molecule has 1 spiro atoms. The number of fused-ring (bicyclic) bond motifs is 12. The minimum Gasteiger partial charge on any atom is -0.456 e. The molecule has 4 nitrogen and oxygen atoms in total. The van der Waals surface area contributed by atoms with Gasteiger partial charge in [-0.05, 0) is 62.2 Å². The molecular formula is C55H37N3O. The Hall–Kier alpha value is -7.43. The Morgan fingerprint density at radius 3 is 1.47 bits per heavy atom. The van der Waals surface area contributed by atoms with Crippen molar-refractivity contribution < 1.29 is 4.74 Å². The molecule has 278 valence electrons. The van der Waals surface area contributed by atoms with Crippen LogP contribution in [0.2, 0.25) is 0 Å². The Balaban J connectivity index is 0.984. The zero-order valence-corrected chi connectivity index (χ0v) is 32.6. The topological polar surface area (TPSA) is 47.9 Å². The van der Waals surface area contributed by atoms with E-state index in [0.29, 0.717) is 17.5 Å². The second-order valence-electron chi connectivity index (χ2n) is 16.3. The van der Waals surface area contributed by atoms with Gasteiger partial charge >= 0.3 is 0 Å². The van der Waals surface area contributed by atoms with Crippen molar-refractivity contribution in [2.75, 3.05) is 0 Å². The third kappa shape index (κ3) is 4.80. The first-order chi connectivity index (χ1) is 29.0. The van der Waals surface area contributed by atoms with Crippen LogP contribution < -0.4 is 4.74 Å². The molecule has 0 radical (unpaired) electrons. The molecule has 8 aromatic carbocycles. The number of para-hydroxylation sites is 2. The van der Waals surface area contributed by atoms with E-state index in [4.69, 9.17) is 19.7 Å². The molecule has 0 bridgehead atoms. The number of aromatic nitrogens is 3. The van der Waals surface area contributed by atoms with Gasteiger partial charge < -0.3 is 4.74 Å². The van der Waals surface area contributed by atoms with Gasteiger partial charge in [-0.3, -0.25) is 0 Å². The maximum atomic E-state index is 6.96. The molecule has 2 aliphatic carbocycles. The van der Waals surface area contributed by atoms with Crippen molar-refractivity contribution in [3.8, 4) is 79.0 Å². The lowest BCUT2D eigenvalue weighted by molar-refractivity contribution is 0.438. The smallest absolute Gasteiger partial charge is 0.164 e. The van der Waals surface area contributed by atoms with Crippen LogP contribution in [0.3, 0.4) is 0 Å². The fourth-order valence-electron chi connectivity index (χ4n) is 10.1. The van der Waals surface area contributed by atoms with Gasteiger partial charge in [0.1, 0.15) is 11.5 Å². The Labute approximate surface area is 343 Å². The summed E-state index contributed by atoms with van der Waals surface area (Å²) >= 11 is 0. The number of benzene rings is 8. The van der Waals surface area contributed by atoms with E-state index in [-0.39, 0.29) is 5.41 Å². The number of nitrogens with zero attached hydrogens (tertiary/aromatic N) is 3. The van der Waals surface area contributed by atoms with Gasteiger partial charge in [-0.1, -0.05) is 190 Å². The molecule has 59 heavy (non-hydrogen) atoms. The van der Waals surface area contributed by atoms with Crippen LogP contribution in [0.4, 0.5) is 0 Å². The molecule has 0 saturated carbocycles. The van der Waals surface area contributed by atoms with Crippen molar-refractivity contribution in [2.45, 2.75) is 24.7 Å². The summed E-state index contributed by atoms with van der Waals surface area (Å²) in [6.07, 6.45) is 0. The van der Waals surface area contributed by atoms with Crippen LogP contribution in [-0.4, -0.2) is 15.0 Å². The van der Waals surface area contributed by atoms with Gasteiger partial charge in [0.05, 0.1) is 5.41 Å². The normalized spacial score (nSPS) is 14.3. The third-order valence-corrected chi connectivity index (χ3v) is 12.8. The highest BCUT2D eigenvalue weighted by atomic mass is 16.5. The SMILES string of the molecule is CC1(C)c2ccccc2-c2ccc(-c3nc(-c4ccccc4)nc(-c4ccc(-c5cccc6c5Oc5ccccc5C65c6ccccc6-c6ccccc65)cc4)n3)cc21. The first kappa shape index (κ1) is 33.7. The van der Waals surface area contributed by atoms with Crippen molar-refractivity contribution in [1.82, 2.24) is 15.0 Å². The van der Waals surface area contributed by atoms with Crippen molar-refractivity contribution in [3.05, 3.63) is 221 Å². The minimum atomic E-state index is -0.516. The average Bonchev–Trinajstić information content (AvgIpc) is 3.72. The second kappa shape index (κ2) is 12.5. The van der Waals surface area contributed by atoms with E-state index in [9.17, 15) is 0 Å². The zero-order chi connectivity index (χ0) is 39.3. The standard InChI is InChI=1S/C55H37N3O/c1-54(2)43-21-9-6-17-39(43)42-32-31-37(33-48(42)54)53-57-51(35-15-4-3-5-16-35)56-52(58-53)36-29-27-34(28-30-36)38-20-14-25-47-50(38)59-49-26-13-12-24-46(49)55(47)44-22-10-7-18-40(44)41-19-8-11-23-45(41)55/h3-33H,1-2H3. The molecule has 12 rings (SSSR count). The molecule has 1 aromatic heterocycles. The van der Waals surface area contributed by atoms with Gasteiger partial charge in [-0.15, -0.1) is 0 Å². The van der Waals surface area contributed by atoms with Gasteiger partial charge in [0.25, 0.3) is 0 Å². The Morgan fingerprint density at radius 1 is 0.339 bits per heavy atom. The lowest BCUT2D eigenvalue weighted by atomic mass is 9.65. The highest BCUT2D eigenvalue weighted by molar-refractivity contribution is 5.90. The Morgan fingerprint density at radius 2 is 0.797 bits per heavy atom. The summed E-state index contributed by atoms with van der Waals surface area (Å²) in [5.74, 6) is 3.67. The Bertz CT molecular complexity index is 3120. The summed E-state index contributed by atoms with van der Waals surface area (Å²) in [4.78, 5) is 15.3. The largest absolute Gasteiger partial charge is 0.456 e. The maximum Gasteiger partial charge on any atom is 0.164 e. The molecular weight excluding hydrogens is 719 g/mol. The van der Waals surface area contributed by atoms with Crippen LogP contribution in [0.1, 0.15) is 47.2 Å². The van der Waals surface area contributed by atoms with E-state index in [1.165, 1.54) is 44.5 Å². The number of hydrogen-bond acceptors (Lipinski definition) is 4. The summed E-state index contributed by atoms with van der Waals surface area (Å²) in [5.41, 5.74) is 16.8. The second-order valence-corrected chi connectivity index (χ2v) is 16.3. The number of rotatable bonds is 4. The molecule has 0 saturated heterocycles. The molecule has 2 heterocycles. The lowest BCUT2D eigenvalue weighted by Gasteiger charge is -2.40. The minimum absolute atomic E-state index is 0.136. The average molecular weight is 756 g/mol. The van der Waals surface area contributed by atoms with E-state index in [2.05, 4.69) is 184 Å². The highest BCUT2D eigenvalue weighted by Crippen LogP contribution is 2.63. The zero-order valence-electron chi connectivity index (χ0n) is 32.6. The molecule has 4 heteroatoms. The van der Waals surface area contributed by atoms with E-state index in [1.807, 2.05) is 18.2 Å². The molecule has 0 amide bonds. The molecule has 0 unspecified atom stereocenters. The van der Waals surface area contributed by atoms with E-state index < -0.39 is 5.41 Å². The van der Waals surface area contributed by atoms with E-state index in [0.717, 1.165) is 50.4 Å². The fourth-order valence-corrected chi connectivity index (χ4v) is 10.1. The van der Waals surface area contributed by atoms with Crippen LogP contribution in [0, 0.1) is 0 Å².